The quantitative estimate of drug-likeness (QED) is 0.792. The minimum Gasteiger partial charge on any atom is -0.317 e. The summed E-state index contributed by atoms with van der Waals surface area (Å²) in [6.07, 6.45) is 1.39. The van der Waals surface area contributed by atoms with Crippen LogP contribution in [0.15, 0.2) is 0 Å². The van der Waals surface area contributed by atoms with Gasteiger partial charge in [0.15, 0.2) is 0 Å². The fourth-order valence-electron chi connectivity index (χ4n) is 3.64. The van der Waals surface area contributed by atoms with Gasteiger partial charge in [-0.25, -0.2) is 0 Å². The molecule has 2 heteroatoms. The SMILES string of the molecule is CCNCC1CCN(CC2C(C)(C)C2(C)C)C1. The topological polar surface area (TPSA) is 15.3 Å². The van der Waals surface area contributed by atoms with E-state index >= 15 is 0 Å². The van der Waals surface area contributed by atoms with Crippen molar-refractivity contribution in [3.63, 3.8) is 0 Å². The molecule has 1 saturated carbocycles. The van der Waals surface area contributed by atoms with Gasteiger partial charge in [0.2, 0.25) is 0 Å². The average molecular weight is 238 g/mol. The monoisotopic (exact) mass is 238 g/mol. The van der Waals surface area contributed by atoms with Crippen molar-refractivity contribution < 1.29 is 0 Å². The normalized spacial score (nSPS) is 31.9. The zero-order valence-corrected chi connectivity index (χ0v) is 12.3. The maximum atomic E-state index is 3.49. The molecule has 100 valence electrons. The van der Waals surface area contributed by atoms with Crippen LogP contribution in [0.2, 0.25) is 0 Å². The second-order valence-electron chi connectivity index (χ2n) is 7.22. The van der Waals surface area contributed by atoms with Gasteiger partial charge >= 0.3 is 0 Å². The van der Waals surface area contributed by atoms with Crippen LogP contribution in [0.4, 0.5) is 0 Å². The van der Waals surface area contributed by atoms with Crippen LogP contribution in [-0.2, 0) is 0 Å². The highest BCUT2D eigenvalue weighted by Crippen LogP contribution is 2.68. The average Bonchev–Trinajstić information content (AvgIpc) is 2.63. The highest BCUT2D eigenvalue weighted by Gasteiger charge is 2.64. The van der Waals surface area contributed by atoms with Crippen LogP contribution in [0, 0.1) is 22.7 Å². The molecule has 1 aliphatic heterocycles. The van der Waals surface area contributed by atoms with Gasteiger partial charge in [-0.15, -0.1) is 0 Å². The third-order valence-corrected chi connectivity index (χ3v) is 5.81. The van der Waals surface area contributed by atoms with Crippen molar-refractivity contribution in [3.8, 4) is 0 Å². The second kappa shape index (κ2) is 4.55. The van der Waals surface area contributed by atoms with Gasteiger partial charge in [0.1, 0.15) is 0 Å². The summed E-state index contributed by atoms with van der Waals surface area (Å²) in [5.41, 5.74) is 1.10. The molecule has 1 atom stereocenters. The fraction of sp³-hybridized carbons (Fsp3) is 1.00. The van der Waals surface area contributed by atoms with Crippen LogP contribution in [-0.4, -0.2) is 37.6 Å². The van der Waals surface area contributed by atoms with Gasteiger partial charge in [0.25, 0.3) is 0 Å². The molecule has 0 spiro atoms. The van der Waals surface area contributed by atoms with Gasteiger partial charge in [0.05, 0.1) is 0 Å². The molecule has 2 fully saturated rings. The molecule has 0 aromatic rings. The number of rotatable bonds is 5. The van der Waals surface area contributed by atoms with Gasteiger partial charge in [-0.3, -0.25) is 0 Å². The first-order valence-corrected chi connectivity index (χ1v) is 7.32. The van der Waals surface area contributed by atoms with Crippen molar-refractivity contribution in [1.82, 2.24) is 10.2 Å². The van der Waals surface area contributed by atoms with Gasteiger partial charge in [0, 0.05) is 13.1 Å². The Kier molecular flexibility index (Phi) is 3.57. The van der Waals surface area contributed by atoms with E-state index in [1.807, 2.05) is 0 Å². The van der Waals surface area contributed by atoms with Gasteiger partial charge in [-0.1, -0.05) is 34.6 Å². The van der Waals surface area contributed by atoms with Gasteiger partial charge < -0.3 is 10.2 Å². The Labute approximate surface area is 107 Å². The number of nitrogens with zero attached hydrogens (tertiary/aromatic N) is 1. The third kappa shape index (κ3) is 2.39. The van der Waals surface area contributed by atoms with Crippen LogP contribution in [0.1, 0.15) is 41.0 Å². The largest absolute Gasteiger partial charge is 0.317 e. The Morgan fingerprint density at radius 2 is 1.82 bits per heavy atom. The summed E-state index contributed by atoms with van der Waals surface area (Å²) in [5.74, 6) is 1.79. The molecule has 0 radical (unpaired) electrons. The van der Waals surface area contributed by atoms with Crippen LogP contribution < -0.4 is 5.32 Å². The number of nitrogens with one attached hydrogen (secondary N) is 1. The maximum Gasteiger partial charge on any atom is 0.00224 e. The third-order valence-electron chi connectivity index (χ3n) is 5.81. The molecule has 1 saturated heterocycles. The molecule has 2 aliphatic rings. The molecule has 0 amide bonds. The predicted octanol–water partition coefficient (Wildman–Crippen LogP) is 2.60. The lowest BCUT2D eigenvalue weighted by molar-refractivity contribution is 0.287. The Bertz CT molecular complexity index is 256. The molecular weight excluding hydrogens is 208 g/mol. The summed E-state index contributed by atoms with van der Waals surface area (Å²) in [4.78, 5) is 2.70. The summed E-state index contributed by atoms with van der Waals surface area (Å²) in [6.45, 7) is 18.2. The van der Waals surface area contributed by atoms with Crippen LogP contribution in [0.25, 0.3) is 0 Å². The van der Waals surface area contributed by atoms with E-state index in [9.17, 15) is 0 Å². The number of hydrogen-bond acceptors (Lipinski definition) is 2. The Balaban J connectivity index is 1.76. The molecule has 2 nitrogen and oxygen atoms in total. The predicted molar refractivity (Wildman–Crippen MR) is 74.1 cm³/mol. The van der Waals surface area contributed by atoms with Crippen LogP contribution >= 0.6 is 0 Å². The van der Waals surface area contributed by atoms with E-state index in [-0.39, 0.29) is 0 Å². The lowest BCUT2D eigenvalue weighted by atomic mass is 10.0. The van der Waals surface area contributed by atoms with Crippen molar-refractivity contribution in [2.75, 3.05) is 32.7 Å². The lowest BCUT2D eigenvalue weighted by Gasteiger charge is -2.17. The van der Waals surface area contributed by atoms with Crippen molar-refractivity contribution in [3.05, 3.63) is 0 Å². The van der Waals surface area contributed by atoms with Crippen molar-refractivity contribution >= 4 is 0 Å². The first-order valence-electron chi connectivity index (χ1n) is 7.32. The van der Waals surface area contributed by atoms with E-state index in [1.165, 1.54) is 32.6 Å². The summed E-state index contributed by atoms with van der Waals surface area (Å²) in [7, 11) is 0. The Hall–Kier alpha value is -0.0800. The van der Waals surface area contributed by atoms with Crippen LogP contribution in [0.3, 0.4) is 0 Å². The molecule has 1 heterocycles. The second-order valence-corrected chi connectivity index (χ2v) is 7.22. The van der Waals surface area contributed by atoms with E-state index in [0.717, 1.165) is 18.4 Å². The van der Waals surface area contributed by atoms with Gasteiger partial charge in [-0.2, -0.15) is 0 Å². The lowest BCUT2D eigenvalue weighted by Crippen LogP contribution is -2.28. The van der Waals surface area contributed by atoms with E-state index in [4.69, 9.17) is 0 Å². The molecule has 17 heavy (non-hydrogen) atoms. The van der Waals surface area contributed by atoms with E-state index in [1.54, 1.807) is 0 Å². The van der Waals surface area contributed by atoms with Crippen molar-refractivity contribution in [1.29, 1.82) is 0 Å². The van der Waals surface area contributed by atoms with Crippen LogP contribution in [0.5, 0.6) is 0 Å². The summed E-state index contributed by atoms with van der Waals surface area (Å²) >= 11 is 0. The molecule has 1 aliphatic carbocycles. The zero-order valence-electron chi connectivity index (χ0n) is 12.3. The van der Waals surface area contributed by atoms with Gasteiger partial charge in [-0.05, 0) is 48.7 Å². The van der Waals surface area contributed by atoms with E-state index < -0.39 is 0 Å². The molecular formula is C15H30N2. The molecule has 0 aromatic heterocycles. The molecule has 1 N–H and O–H groups in total. The highest BCUT2D eigenvalue weighted by molar-refractivity contribution is 5.13. The molecule has 0 bridgehead atoms. The molecule has 2 rings (SSSR count). The highest BCUT2D eigenvalue weighted by atomic mass is 15.2. The first-order chi connectivity index (χ1) is 7.89. The molecule has 0 aromatic carbocycles. The standard InChI is InChI=1S/C15H30N2/c1-6-16-9-12-7-8-17(10-12)11-13-14(2,3)15(13,4)5/h12-13,16H,6-11H2,1-5H3. The summed E-state index contributed by atoms with van der Waals surface area (Å²) < 4.78 is 0. The number of likely N-dealkylation sites (tertiary alicyclic amines) is 1. The fourth-order valence-corrected chi connectivity index (χ4v) is 3.64. The Morgan fingerprint density at radius 3 is 2.35 bits per heavy atom. The van der Waals surface area contributed by atoms with E-state index in [2.05, 4.69) is 44.8 Å². The smallest absolute Gasteiger partial charge is 0.00224 e. The maximum absolute atomic E-state index is 3.49. The van der Waals surface area contributed by atoms with Crippen molar-refractivity contribution in [2.24, 2.45) is 22.7 Å². The summed E-state index contributed by atoms with van der Waals surface area (Å²) in [5, 5.41) is 3.49. The van der Waals surface area contributed by atoms with E-state index in [0.29, 0.717) is 10.8 Å². The zero-order chi connectivity index (χ0) is 12.7. The first kappa shape index (κ1) is 13.4. The van der Waals surface area contributed by atoms with Crippen molar-refractivity contribution in [2.45, 2.75) is 41.0 Å². The molecule has 1 unspecified atom stereocenters. The minimum absolute atomic E-state index is 0.548. The number of hydrogen-bond donors (Lipinski definition) is 1. The Morgan fingerprint density at radius 1 is 1.18 bits per heavy atom. The summed E-state index contributed by atoms with van der Waals surface area (Å²) in [6, 6.07) is 0. The minimum atomic E-state index is 0.548.